The lowest BCUT2D eigenvalue weighted by Crippen LogP contribution is -2.36. The van der Waals surface area contributed by atoms with E-state index in [4.69, 9.17) is 9.84 Å². The van der Waals surface area contributed by atoms with E-state index in [0.29, 0.717) is 28.5 Å². The zero-order valence-electron chi connectivity index (χ0n) is 20.1. The summed E-state index contributed by atoms with van der Waals surface area (Å²) in [6.45, 7) is 1.71. The molecule has 1 saturated carbocycles. The minimum absolute atomic E-state index is 0.0476. The highest BCUT2D eigenvalue weighted by molar-refractivity contribution is 7.18. The van der Waals surface area contributed by atoms with Crippen LogP contribution in [0, 0.1) is 12.8 Å². The molecule has 0 spiro atoms. The van der Waals surface area contributed by atoms with Crippen molar-refractivity contribution >= 4 is 34.9 Å². The van der Waals surface area contributed by atoms with Crippen molar-refractivity contribution in [2.24, 2.45) is 5.92 Å². The molecule has 36 heavy (non-hydrogen) atoms. The number of benzene rings is 2. The van der Waals surface area contributed by atoms with Gasteiger partial charge in [-0.3, -0.25) is 4.79 Å². The topological polar surface area (TPSA) is 104 Å². The summed E-state index contributed by atoms with van der Waals surface area (Å²) in [5, 5.41) is 18.7. The summed E-state index contributed by atoms with van der Waals surface area (Å²) >= 11 is 1.04. The molecule has 2 aromatic carbocycles. The molecule has 7 nitrogen and oxygen atoms in total. The summed E-state index contributed by atoms with van der Waals surface area (Å²) in [4.78, 5) is 38.9. The maximum atomic E-state index is 13.6. The van der Waals surface area contributed by atoms with Gasteiger partial charge < -0.3 is 19.8 Å². The van der Waals surface area contributed by atoms with Crippen LogP contribution in [0.4, 0.5) is 5.69 Å². The molecule has 1 aromatic heterocycles. The van der Waals surface area contributed by atoms with E-state index < -0.39 is 18.5 Å². The quantitative estimate of drug-likeness (QED) is 0.362. The van der Waals surface area contributed by atoms with Crippen molar-refractivity contribution in [3.63, 3.8) is 0 Å². The Kier molecular flexibility index (Phi) is 8.05. The summed E-state index contributed by atoms with van der Waals surface area (Å²) in [7, 11) is 0. The molecule has 2 N–H and O–H groups in total. The highest BCUT2D eigenvalue weighted by atomic mass is 32.1. The monoisotopic (exact) mass is 507 g/mol. The van der Waals surface area contributed by atoms with Crippen LogP contribution in [-0.2, 0) is 4.79 Å². The number of hydrogen-bond donors (Lipinski definition) is 2. The largest absolute Gasteiger partial charge is 0.480 e. The van der Waals surface area contributed by atoms with E-state index in [-0.39, 0.29) is 16.5 Å². The zero-order valence-corrected chi connectivity index (χ0v) is 20.9. The second kappa shape index (κ2) is 11.4. The van der Waals surface area contributed by atoms with E-state index in [2.05, 4.69) is 0 Å². The summed E-state index contributed by atoms with van der Waals surface area (Å²) < 4.78 is 5.33. The standard InChI is InChI=1S/C28H29NO6S/c1-18-24(35-17-23(30)31)26(28(33)34)36-25(18)21-13-8-14-22(15-21)29(16-19-9-4-2-5-10-19)27(32)20-11-6-3-7-12-20/h3,6-8,11-15,19H,2,4-5,9-10,16-17H2,1H3,(H,30,31)(H,33,34). The number of aliphatic carboxylic acids is 1. The number of carboxylic acids is 2. The van der Waals surface area contributed by atoms with E-state index in [1.54, 1.807) is 6.92 Å². The molecule has 8 heteroatoms. The molecular formula is C28H29NO6S. The average molecular weight is 508 g/mol. The number of rotatable bonds is 9. The van der Waals surface area contributed by atoms with E-state index in [0.717, 1.165) is 35.4 Å². The Bertz CT molecular complexity index is 1250. The Morgan fingerprint density at radius 2 is 1.72 bits per heavy atom. The Morgan fingerprint density at radius 1 is 1.00 bits per heavy atom. The summed E-state index contributed by atoms with van der Waals surface area (Å²) in [6.07, 6.45) is 5.75. The Labute approximate surface area is 214 Å². The molecule has 0 unspecified atom stereocenters. The molecule has 188 valence electrons. The van der Waals surface area contributed by atoms with Crippen LogP contribution in [0.3, 0.4) is 0 Å². The third-order valence-electron chi connectivity index (χ3n) is 6.48. The number of carboxylic acid groups (broad SMARTS) is 2. The minimum atomic E-state index is -1.18. The van der Waals surface area contributed by atoms with Crippen molar-refractivity contribution in [1.29, 1.82) is 0 Å². The highest BCUT2D eigenvalue weighted by Crippen LogP contribution is 2.42. The van der Waals surface area contributed by atoms with Crippen LogP contribution in [0.15, 0.2) is 54.6 Å². The number of ether oxygens (including phenoxy) is 1. The first-order chi connectivity index (χ1) is 17.3. The van der Waals surface area contributed by atoms with Gasteiger partial charge in [0.15, 0.2) is 11.5 Å². The number of aromatic carboxylic acids is 1. The zero-order chi connectivity index (χ0) is 25.7. The number of nitrogens with zero attached hydrogens (tertiary/aromatic N) is 1. The van der Waals surface area contributed by atoms with Crippen LogP contribution in [-0.4, -0.2) is 41.2 Å². The lowest BCUT2D eigenvalue weighted by atomic mass is 9.88. The molecule has 4 rings (SSSR count). The number of amides is 1. The smallest absolute Gasteiger partial charge is 0.349 e. The van der Waals surface area contributed by atoms with Crippen molar-refractivity contribution in [3.05, 3.63) is 70.6 Å². The molecule has 1 aliphatic rings. The van der Waals surface area contributed by atoms with Gasteiger partial charge in [0.05, 0.1) is 0 Å². The Balaban J connectivity index is 1.72. The molecule has 1 amide bonds. The van der Waals surface area contributed by atoms with Crippen LogP contribution < -0.4 is 9.64 Å². The number of carbonyl (C=O) groups excluding carboxylic acids is 1. The fraction of sp³-hybridized carbons (Fsp3) is 0.321. The molecule has 0 bridgehead atoms. The van der Waals surface area contributed by atoms with Gasteiger partial charge in [-0.15, -0.1) is 11.3 Å². The number of hydrogen-bond acceptors (Lipinski definition) is 5. The SMILES string of the molecule is Cc1c(-c2cccc(N(CC3CCCCC3)C(=O)c3ccccc3)c2)sc(C(=O)O)c1OCC(=O)O. The van der Waals surface area contributed by atoms with Crippen molar-refractivity contribution in [2.75, 3.05) is 18.1 Å². The number of thiophene rings is 1. The van der Waals surface area contributed by atoms with Crippen LogP contribution in [0.2, 0.25) is 0 Å². The lowest BCUT2D eigenvalue weighted by molar-refractivity contribution is -0.139. The van der Waals surface area contributed by atoms with Gasteiger partial charge in [-0.1, -0.05) is 49.6 Å². The molecule has 1 aliphatic carbocycles. The molecule has 1 fully saturated rings. The third kappa shape index (κ3) is 5.76. The van der Waals surface area contributed by atoms with Gasteiger partial charge >= 0.3 is 11.9 Å². The predicted molar refractivity (Wildman–Crippen MR) is 139 cm³/mol. The third-order valence-corrected chi connectivity index (χ3v) is 7.79. The van der Waals surface area contributed by atoms with Gasteiger partial charge in [0.1, 0.15) is 5.75 Å². The first-order valence-corrected chi connectivity index (χ1v) is 12.9. The average Bonchev–Trinajstić information content (AvgIpc) is 3.23. The predicted octanol–water partition coefficient (Wildman–Crippen LogP) is 6.11. The van der Waals surface area contributed by atoms with Gasteiger partial charge in [-0.05, 0) is 55.5 Å². The number of anilines is 1. The van der Waals surface area contributed by atoms with Gasteiger partial charge in [0.2, 0.25) is 0 Å². The Morgan fingerprint density at radius 3 is 2.39 bits per heavy atom. The molecular weight excluding hydrogens is 478 g/mol. The summed E-state index contributed by atoms with van der Waals surface area (Å²) in [6, 6.07) is 16.7. The molecule has 0 saturated heterocycles. The minimum Gasteiger partial charge on any atom is -0.480 e. The van der Waals surface area contributed by atoms with Crippen LogP contribution in [0.5, 0.6) is 5.75 Å². The van der Waals surface area contributed by atoms with E-state index in [1.807, 2.05) is 59.5 Å². The molecule has 1 heterocycles. The highest BCUT2D eigenvalue weighted by Gasteiger charge is 2.26. The van der Waals surface area contributed by atoms with Crippen LogP contribution in [0.25, 0.3) is 10.4 Å². The maximum Gasteiger partial charge on any atom is 0.349 e. The van der Waals surface area contributed by atoms with Crippen molar-refractivity contribution in [2.45, 2.75) is 39.0 Å². The normalized spacial score (nSPS) is 13.8. The van der Waals surface area contributed by atoms with E-state index in [1.165, 1.54) is 19.3 Å². The van der Waals surface area contributed by atoms with Gasteiger partial charge in [-0.2, -0.15) is 0 Å². The van der Waals surface area contributed by atoms with Crippen LogP contribution in [0.1, 0.15) is 57.7 Å². The van der Waals surface area contributed by atoms with Crippen molar-refractivity contribution in [1.82, 2.24) is 0 Å². The first-order valence-electron chi connectivity index (χ1n) is 12.0. The molecule has 0 aliphatic heterocycles. The maximum absolute atomic E-state index is 13.6. The fourth-order valence-electron chi connectivity index (χ4n) is 4.71. The van der Waals surface area contributed by atoms with Crippen molar-refractivity contribution < 1.29 is 29.3 Å². The second-order valence-electron chi connectivity index (χ2n) is 9.04. The van der Waals surface area contributed by atoms with Crippen molar-refractivity contribution in [3.8, 4) is 16.2 Å². The lowest BCUT2D eigenvalue weighted by Gasteiger charge is -2.30. The molecule has 3 aromatic rings. The second-order valence-corrected chi connectivity index (χ2v) is 10.1. The van der Waals surface area contributed by atoms with Crippen LogP contribution >= 0.6 is 11.3 Å². The van der Waals surface area contributed by atoms with E-state index in [9.17, 15) is 19.5 Å². The summed E-state index contributed by atoms with van der Waals surface area (Å²) in [5.41, 5.74) is 2.66. The molecule has 0 radical (unpaired) electrons. The molecule has 0 atom stereocenters. The summed E-state index contributed by atoms with van der Waals surface area (Å²) in [5.74, 6) is -1.94. The van der Waals surface area contributed by atoms with Gasteiger partial charge in [0, 0.05) is 28.2 Å². The van der Waals surface area contributed by atoms with Gasteiger partial charge in [-0.25, -0.2) is 9.59 Å². The van der Waals surface area contributed by atoms with Gasteiger partial charge in [0.25, 0.3) is 5.91 Å². The fourth-order valence-corrected chi connectivity index (χ4v) is 5.79. The Hall–Kier alpha value is -3.65. The van der Waals surface area contributed by atoms with E-state index >= 15 is 0 Å². The first kappa shape index (κ1) is 25.4. The number of carbonyl (C=O) groups is 3.